The van der Waals surface area contributed by atoms with Crippen molar-refractivity contribution in [1.82, 2.24) is 5.32 Å². The minimum atomic E-state index is -0.972. The number of nitrogens with two attached hydrogens (primary N) is 2. The number of hydrogen-bond donors (Lipinski definition) is 3. The van der Waals surface area contributed by atoms with Crippen LogP contribution in [0, 0.1) is 5.82 Å². The molecule has 0 spiro atoms. The van der Waals surface area contributed by atoms with Gasteiger partial charge in [-0.05, 0) is 17.7 Å². The van der Waals surface area contributed by atoms with Crippen LogP contribution in [0.5, 0.6) is 5.75 Å². The smallest absolute Gasteiger partial charge is 0.318 e. The highest BCUT2D eigenvalue weighted by Crippen LogP contribution is 2.15. The Morgan fingerprint density at radius 1 is 1.35 bits per heavy atom. The van der Waals surface area contributed by atoms with E-state index in [2.05, 4.69) is 0 Å². The molecular formula is C10H12FN3O3. The second kappa shape index (κ2) is 5.80. The molecule has 6 nitrogen and oxygen atoms in total. The summed E-state index contributed by atoms with van der Waals surface area (Å²) in [7, 11) is 0. The summed E-state index contributed by atoms with van der Waals surface area (Å²) < 4.78 is 18.0. The molecule has 0 saturated heterocycles. The van der Waals surface area contributed by atoms with Crippen LogP contribution in [0.2, 0.25) is 0 Å². The van der Waals surface area contributed by atoms with E-state index in [4.69, 9.17) is 16.2 Å². The van der Waals surface area contributed by atoms with Gasteiger partial charge < -0.3 is 16.2 Å². The van der Waals surface area contributed by atoms with Gasteiger partial charge in [0.2, 0.25) is 0 Å². The van der Waals surface area contributed by atoms with Gasteiger partial charge in [-0.3, -0.25) is 10.1 Å². The van der Waals surface area contributed by atoms with Crippen molar-refractivity contribution in [2.75, 3.05) is 6.61 Å². The molecule has 1 aromatic carbocycles. The first-order valence-electron chi connectivity index (χ1n) is 4.73. The van der Waals surface area contributed by atoms with Crippen LogP contribution in [0.25, 0.3) is 0 Å². The molecule has 0 aliphatic heterocycles. The van der Waals surface area contributed by atoms with E-state index in [9.17, 15) is 14.0 Å². The summed E-state index contributed by atoms with van der Waals surface area (Å²) in [6, 6.07) is 2.90. The Kier molecular flexibility index (Phi) is 4.41. The minimum Gasteiger partial charge on any atom is -0.484 e. The van der Waals surface area contributed by atoms with E-state index < -0.39 is 24.4 Å². The van der Waals surface area contributed by atoms with Crippen LogP contribution < -0.4 is 21.5 Å². The predicted molar refractivity (Wildman–Crippen MR) is 57.5 cm³/mol. The van der Waals surface area contributed by atoms with Crippen molar-refractivity contribution in [3.05, 3.63) is 29.6 Å². The van der Waals surface area contributed by atoms with Gasteiger partial charge in [-0.15, -0.1) is 0 Å². The third kappa shape index (κ3) is 4.47. The number of hydrogen-bond acceptors (Lipinski definition) is 4. The Bertz CT molecular complexity index is 437. The van der Waals surface area contributed by atoms with Gasteiger partial charge in [0.05, 0.1) is 0 Å². The molecule has 0 saturated carbocycles. The Hall–Kier alpha value is -2.15. The summed E-state index contributed by atoms with van der Waals surface area (Å²) >= 11 is 0. The monoisotopic (exact) mass is 241 g/mol. The zero-order valence-corrected chi connectivity index (χ0v) is 8.90. The van der Waals surface area contributed by atoms with E-state index in [0.29, 0.717) is 5.56 Å². The lowest BCUT2D eigenvalue weighted by atomic mass is 10.2. The average molecular weight is 241 g/mol. The molecule has 0 unspecified atom stereocenters. The number of urea groups is 1. The van der Waals surface area contributed by atoms with Crippen molar-refractivity contribution < 1.29 is 18.7 Å². The van der Waals surface area contributed by atoms with Gasteiger partial charge in [-0.1, -0.05) is 0 Å². The standard InChI is InChI=1S/C10H12FN3O3/c11-7-1-6(4-12)2-8(3-7)17-5-9(15)14-10(13)16/h1-3H,4-5,12H2,(H3,13,14,15,16). The highest BCUT2D eigenvalue weighted by atomic mass is 19.1. The zero-order chi connectivity index (χ0) is 12.8. The average Bonchev–Trinajstić information content (AvgIpc) is 2.24. The molecule has 0 aliphatic carbocycles. The van der Waals surface area contributed by atoms with Gasteiger partial charge in [-0.25, -0.2) is 9.18 Å². The van der Waals surface area contributed by atoms with Gasteiger partial charge in [0, 0.05) is 12.6 Å². The van der Waals surface area contributed by atoms with Crippen LogP contribution in [-0.2, 0) is 11.3 Å². The molecule has 7 heteroatoms. The molecule has 0 aromatic heterocycles. The van der Waals surface area contributed by atoms with Gasteiger partial charge in [0.15, 0.2) is 6.61 Å². The van der Waals surface area contributed by atoms with Crippen LogP contribution in [-0.4, -0.2) is 18.5 Å². The zero-order valence-electron chi connectivity index (χ0n) is 8.90. The van der Waals surface area contributed by atoms with E-state index in [1.165, 1.54) is 12.1 Å². The normalized spacial score (nSPS) is 9.76. The fraction of sp³-hybridized carbons (Fsp3) is 0.200. The maximum Gasteiger partial charge on any atom is 0.318 e. The Labute approximate surface area is 96.7 Å². The molecule has 17 heavy (non-hydrogen) atoms. The van der Waals surface area contributed by atoms with Crippen molar-refractivity contribution >= 4 is 11.9 Å². The Morgan fingerprint density at radius 3 is 2.65 bits per heavy atom. The quantitative estimate of drug-likeness (QED) is 0.681. The molecule has 0 heterocycles. The van der Waals surface area contributed by atoms with Crippen LogP contribution >= 0.6 is 0 Å². The van der Waals surface area contributed by atoms with Gasteiger partial charge >= 0.3 is 6.03 Å². The molecule has 92 valence electrons. The molecule has 0 bridgehead atoms. The molecule has 1 rings (SSSR count). The minimum absolute atomic E-state index is 0.154. The molecular weight excluding hydrogens is 229 g/mol. The van der Waals surface area contributed by atoms with Gasteiger partial charge in [0.1, 0.15) is 11.6 Å². The number of amides is 3. The van der Waals surface area contributed by atoms with E-state index in [1.807, 2.05) is 5.32 Å². The summed E-state index contributed by atoms with van der Waals surface area (Å²) in [5, 5.41) is 1.81. The fourth-order valence-corrected chi connectivity index (χ4v) is 1.14. The van der Waals surface area contributed by atoms with Crippen molar-refractivity contribution in [2.24, 2.45) is 11.5 Å². The Balaban J connectivity index is 2.60. The lowest BCUT2D eigenvalue weighted by Gasteiger charge is -2.07. The summed E-state index contributed by atoms with van der Waals surface area (Å²) in [6.45, 7) is -0.280. The lowest BCUT2D eigenvalue weighted by Crippen LogP contribution is -2.38. The molecule has 0 radical (unpaired) electrons. The number of halogens is 1. The molecule has 0 fully saturated rings. The van der Waals surface area contributed by atoms with Crippen LogP contribution in [0.1, 0.15) is 5.56 Å². The first-order valence-corrected chi connectivity index (χ1v) is 4.73. The predicted octanol–water partition coefficient (Wildman–Crippen LogP) is -0.142. The van der Waals surface area contributed by atoms with Crippen molar-refractivity contribution in [3.8, 4) is 5.75 Å². The topological polar surface area (TPSA) is 107 Å². The summed E-state index contributed by atoms with van der Waals surface area (Å²) in [5.74, 6) is -1.07. The SMILES string of the molecule is NCc1cc(F)cc(OCC(=O)NC(N)=O)c1. The maximum absolute atomic E-state index is 13.0. The number of ether oxygens (including phenoxy) is 1. The molecule has 3 amide bonds. The third-order valence-electron chi connectivity index (χ3n) is 1.80. The summed E-state index contributed by atoms with van der Waals surface area (Å²) in [6.07, 6.45) is 0. The maximum atomic E-state index is 13.0. The van der Waals surface area contributed by atoms with Crippen LogP contribution in [0.15, 0.2) is 18.2 Å². The van der Waals surface area contributed by atoms with Crippen molar-refractivity contribution in [1.29, 1.82) is 0 Å². The highest BCUT2D eigenvalue weighted by molar-refractivity contribution is 5.94. The van der Waals surface area contributed by atoms with Crippen LogP contribution in [0.3, 0.4) is 0 Å². The second-order valence-electron chi connectivity index (χ2n) is 3.20. The summed E-state index contributed by atoms with van der Waals surface area (Å²) in [5.41, 5.74) is 10.6. The first-order chi connectivity index (χ1) is 8.01. The number of rotatable bonds is 4. The Morgan fingerprint density at radius 2 is 2.06 bits per heavy atom. The summed E-state index contributed by atoms with van der Waals surface area (Å²) in [4.78, 5) is 21.3. The van der Waals surface area contributed by atoms with E-state index in [1.54, 1.807) is 0 Å². The number of carbonyl (C=O) groups excluding carboxylic acids is 2. The second-order valence-corrected chi connectivity index (χ2v) is 3.20. The van der Waals surface area contributed by atoms with Crippen molar-refractivity contribution in [2.45, 2.75) is 6.54 Å². The van der Waals surface area contributed by atoms with E-state index in [-0.39, 0.29) is 12.3 Å². The number of nitrogens with one attached hydrogen (secondary N) is 1. The highest BCUT2D eigenvalue weighted by Gasteiger charge is 2.06. The van der Waals surface area contributed by atoms with Crippen molar-refractivity contribution in [3.63, 3.8) is 0 Å². The number of benzene rings is 1. The molecule has 0 atom stereocenters. The largest absolute Gasteiger partial charge is 0.484 e. The van der Waals surface area contributed by atoms with E-state index in [0.717, 1.165) is 6.07 Å². The van der Waals surface area contributed by atoms with Gasteiger partial charge in [0.25, 0.3) is 5.91 Å². The fourth-order valence-electron chi connectivity index (χ4n) is 1.14. The number of primary amides is 1. The molecule has 0 aliphatic rings. The first kappa shape index (κ1) is 12.9. The molecule has 5 N–H and O–H groups in total. The van der Waals surface area contributed by atoms with Gasteiger partial charge in [-0.2, -0.15) is 0 Å². The lowest BCUT2D eigenvalue weighted by molar-refractivity contribution is -0.121. The number of carbonyl (C=O) groups is 2. The molecule has 1 aromatic rings. The van der Waals surface area contributed by atoms with Crippen LogP contribution in [0.4, 0.5) is 9.18 Å². The third-order valence-corrected chi connectivity index (χ3v) is 1.80. The van der Waals surface area contributed by atoms with E-state index >= 15 is 0 Å². The number of imide groups is 1.